The van der Waals surface area contributed by atoms with E-state index in [0.717, 1.165) is 44.8 Å². The average molecular weight is 319 g/mol. The Kier molecular flexibility index (Phi) is 7.02. The molecule has 2 rings (SSSR count). The topological polar surface area (TPSA) is 58.8 Å². The fourth-order valence-corrected chi connectivity index (χ4v) is 3.14. The molecule has 2 atom stereocenters. The van der Waals surface area contributed by atoms with Crippen LogP contribution in [-0.2, 0) is 9.53 Å². The zero-order valence-electron chi connectivity index (χ0n) is 14.3. The molecule has 0 aliphatic carbocycles. The number of benzene rings is 1. The highest BCUT2D eigenvalue weighted by Crippen LogP contribution is 2.18. The number of hydrogen-bond acceptors (Lipinski definition) is 4. The van der Waals surface area contributed by atoms with Gasteiger partial charge in [0.15, 0.2) is 0 Å². The van der Waals surface area contributed by atoms with Gasteiger partial charge in [0.25, 0.3) is 0 Å². The van der Waals surface area contributed by atoms with Crippen LogP contribution in [0.5, 0.6) is 0 Å². The fourth-order valence-electron chi connectivity index (χ4n) is 3.14. The Morgan fingerprint density at radius 3 is 2.74 bits per heavy atom. The van der Waals surface area contributed by atoms with Crippen LogP contribution in [0.25, 0.3) is 0 Å². The molecule has 0 radical (unpaired) electrons. The number of carbonyl (C=O) groups excluding carboxylic acids is 1. The van der Waals surface area contributed by atoms with Crippen LogP contribution >= 0.6 is 0 Å². The molecule has 2 unspecified atom stereocenters. The first-order chi connectivity index (χ1) is 11.2. The van der Waals surface area contributed by atoms with Gasteiger partial charge in [0.2, 0.25) is 5.91 Å². The van der Waals surface area contributed by atoms with Crippen LogP contribution in [0.4, 0.5) is 0 Å². The van der Waals surface area contributed by atoms with Crippen molar-refractivity contribution in [3.05, 3.63) is 35.9 Å². The van der Waals surface area contributed by atoms with E-state index in [1.807, 2.05) is 35.2 Å². The summed E-state index contributed by atoms with van der Waals surface area (Å²) in [7, 11) is 1.73. The van der Waals surface area contributed by atoms with Gasteiger partial charge in [-0.3, -0.25) is 9.69 Å². The molecule has 23 heavy (non-hydrogen) atoms. The SMILES string of the molecule is CCC1CN(C(=O)CC(N)c2ccccc2)CCN1CCOC. The van der Waals surface area contributed by atoms with Crippen molar-refractivity contribution >= 4 is 5.91 Å². The van der Waals surface area contributed by atoms with Gasteiger partial charge < -0.3 is 15.4 Å². The molecule has 1 aliphatic heterocycles. The minimum Gasteiger partial charge on any atom is -0.383 e. The van der Waals surface area contributed by atoms with Gasteiger partial charge in [-0.1, -0.05) is 37.3 Å². The van der Waals surface area contributed by atoms with Crippen molar-refractivity contribution in [3.63, 3.8) is 0 Å². The molecule has 0 spiro atoms. The summed E-state index contributed by atoms with van der Waals surface area (Å²) >= 11 is 0. The average Bonchev–Trinajstić information content (AvgIpc) is 2.60. The summed E-state index contributed by atoms with van der Waals surface area (Å²) in [6.07, 6.45) is 1.41. The number of amides is 1. The van der Waals surface area contributed by atoms with E-state index in [-0.39, 0.29) is 11.9 Å². The van der Waals surface area contributed by atoms with E-state index < -0.39 is 0 Å². The van der Waals surface area contributed by atoms with Crippen LogP contribution in [0, 0.1) is 0 Å². The number of rotatable bonds is 7. The van der Waals surface area contributed by atoms with Crippen LogP contribution in [-0.4, -0.2) is 61.6 Å². The van der Waals surface area contributed by atoms with Gasteiger partial charge in [-0.2, -0.15) is 0 Å². The highest BCUT2D eigenvalue weighted by molar-refractivity contribution is 5.77. The van der Waals surface area contributed by atoms with E-state index >= 15 is 0 Å². The Balaban J connectivity index is 1.88. The van der Waals surface area contributed by atoms with E-state index in [1.165, 1.54) is 0 Å². The number of nitrogens with two attached hydrogens (primary N) is 1. The smallest absolute Gasteiger partial charge is 0.224 e. The molecule has 0 saturated carbocycles. The summed E-state index contributed by atoms with van der Waals surface area (Å²) in [5.74, 6) is 0.159. The number of carbonyl (C=O) groups is 1. The third-order valence-corrected chi connectivity index (χ3v) is 4.63. The maximum absolute atomic E-state index is 12.6. The summed E-state index contributed by atoms with van der Waals surface area (Å²) in [5, 5.41) is 0. The summed E-state index contributed by atoms with van der Waals surface area (Å²) < 4.78 is 5.17. The zero-order chi connectivity index (χ0) is 16.7. The van der Waals surface area contributed by atoms with Crippen molar-refractivity contribution in [2.24, 2.45) is 5.73 Å². The first-order valence-corrected chi connectivity index (χ1v) is 8.47. The third kappa shape index (κ3) is 5.03. The van der Waals surface area contributed by atoms with Crippen LogP contribution in [0.15, 0.2) is 30.3 Å². The minimum atomic E-state index is -0.227. The van der Waals surface area contributed by atoms with E-state index in [0.29, 0.717) is 12.5 Å². The van der Waals surface area contributed by atoms with E-state index in [1.54, 1.807) is 7.11 Å². The van der Waals surface area contributed by atoms with Crippen molar-refractivity contribution < 1.29 is 9.53 Å². The predicted molar refractivity (Wildman–Crippen MR) is 92.1 cm³/mol. The largest absolute Gasteiger partial charge is 0.383 e. The number of piperazine rings is 1. The van der Waals surface area contributed by atoms with E-state index in [4.69, 9.17) is 10.5 Å². The van der Waals surface area contributed by atoms with Crippen molar-refractivity contribution in [3.8, 4) is 0 Å². The number of ether oxygens (including phenoxy) is 1. The summed E-state index contributed by atoms with van der Waals surface area (Å²) in [4.78, 5) is 17.0. The first-order valence-electron chi connectivity index (χ1n) is 8.47. The minimum absolute atomic E-state index is 0.159. The standard InChI is InChI=1S/C18H29N3O2/c1-3-16-14-21(10-9-20(16)11-12-23-2)18(22)13-17(19)15-7-5-4-6-8-15/h4-8,16-17H,3,9-14,19H2,1-2H3. The molecule has 0 aromatic heterocycles. The quantitative estimate of drug-likeness (QED) is 0.830. The Labute approximate surface area is 139 Å². The molecular formula is C18H29N3O2. The van der Waals surface area contributed by atoms with Crippen molar-refractivity contribution in [1.82, 2.24) is 9.80 Å². The van der Waals surface area contributed by atoms with Gasteiger partial charge in [-0.25, -0.2) is 0 Å². The monoisotopic (exact) mass is 319 g/mol. The number of hydrogen-bond donors (Lipinski definition) is 1. The van der Waals surface area contributed by atoms with Crippen LogP contribution in [0.1, 0.15) is 31.4 Å². The Hall–Kier alpha value is -1.43. The molecule has 1 aromatic rings. The van der Waals surface area contributed by atoms with Crippen molar-refractivity contribution in [2.45, 2.75) is 31.8 Å². The van der Waals surface area contributed by atoms with E-state index in [9.17, 15) is 4.79 Å². The van der Waals surface area contributed by atoms with Gasteiger partial charge in [-0.15, -0.1) is 0 Å². The van der Waals surface area contributed by atoms with Gasteiger partial charge >= 0.3 is 0 Å². The second-order valence-electron chi connectivity index (χ2n) is 6.15. The molecule has 2 N–H and O–H groups in total. The fraction of sp³-hybridized carbons (Fsp3) is 0.611. The molecule has 5 nitrogen and oxygen atoms in total. The maximum atomic E-state index is 12.6. The number of methoxy groups -OCH3 is 1. The molecule has 1 aromatic carbocycles. The molecule has 1 heterocycles. The van der Waals surface area contributed by atoms with Crippen LogP contribution in [0.2, 0.25) is 0 Å². The summed E-state index contributed by atoms with van der Waals surface area (Å²) in [6.45, 7) is 6.33. The van der Waals surface area contributed by atoms with Gasteiger partial charge in [0, 0.05) is 51.8 Å². The van der Waals surface area contributed by atoms with Crippen LogP contribution < -0.4 is 5.73 Å². The second-order valence-corrected chi connectivity index (χ2v) is 6.15. The van der Waals surface area contributed by atoms with Gasteiger partial charge in [-0.05, 0) is 12.0 Å². The second kappa shape index (κ2) is 9.01. The Morgan fingerprint density at radius 1 is 1.35 bits per heavy atom. The predicted octanol–water partition coefficient (Wildman–Crippen LogP) is 1.65. The normalized spacial score (nSPS) is 20.5. The maximum Gasteiger partial charge on any atom is 0.224 e. The third-order valence-electron chi connectivity index (χ3n) is 4.63. The van der Waals surface area contributed by atoms with Crippen LogP contribution in [0.3, 0.4) is 0 Å². The Bertz CT molecular complexity index is 480. The van der Waals surface area contributed by atoms with Crippen molar-refractivity contribution in [1.29, 1.82) is 0 Å². The number of nitrogens with zero attached hydrogens (tertiary/aromatic N) is 2. The lowest BCUT2D eigenvalue weighted by molar-refractivity contribution is -0.134. The van der Waals surface area contributed by atoms with Gasteiger partial charge in [0.05, 0.1) is 6.61 Å². The summed E-state index contributed by atoms with van der Waals surface area (Å²) in [6, 6.07) is 10.0. The lowest BCUT2D eigenvalue weighted by Crippen LogP contribution is -2.55. The summed E-state index contributed by atoms with van der Waals surface area (Å²) in [5.41, 5.74) is 7.21. The molecule has 1 fully saturated rings. The zero-order valence-corrected chi connectivity index (χ0v) is 14.3. The Morgan fingerprint density at radius 2 is 2.09 bits per heavy atom. The molecule has 1 aliphatic rings. The molecule has 128 valence electrons. The van der Waals surface area contributed by atoms with Gasteiger partial charge in [0.1, 0.15) is 0 Å². The first kappa shape index (κ1) is 17.9. The lowest BCUT2D eigenvalue weighted by Gasteiger charge is -2.41. The molecule has 0 bridgehead atoms. The lowest BCUT2D eigenvalue weighted by atomic mass is 10.0. The highest BCUT2D eigenvalue weighted by atomic mass is 16.5. The van der Waals surface area contributed by atoms with E-state index in [2.05, 4.69) is 11.8 Å². The molecule has 1 amide bonds. The molecule has 1 saturated heterocycles. The molecular weight excluding hydrogens is 290 g/mol. The van der Waals surface area contributed by atoms with Crippen molar-refractivity contribution in [2.75, 3.05) is 39.9 Å². The molecule has 5 heteroatoms. The highest BCUT2D eigenvalue weighted by Gasteiger charge is 2.28.